The first kappa shape index (κ1) is 13.8. The predicted molar refractivity (Wildman–Crippen MR) is 88.4 cm³/mol. The molecule has 2 aromatic rings. The van der Waals surface area contributed by atoms with Crippen LogP contribution in [0.2, 0.25) is 0 Å². The van der Waals surface area contributed by atoms with Crippen molar-refractivity contribution in [2.75, 3.05) is 13.1 Å². The molecule has 1 aromatic heterocycles. The summed E-state index contributed by atoms with van der Waals surface area (Å²) in [5.41, 5.74) is 5.43. The van der Waals surface area contributed by atoms with Crippen LogP contribution in [-0.4, -0.2) is 41.0 Å². The molecule has 0 aliphatic carbocycles. The number of nitrogens with one attached hydrogen (secondary N) is 2. The topological polar surface area (TPSA) is 48.1 Å². The number of aromatic amines is 1. The number of aryl methyl sites for hydroxylation is 3. The minimum atomic E-state index is 0.180. The van der Waals surface area contributed by atoms with E-state index in [0.717, 1.165) is 42.7 Å². The van der Waals surface area contributed by atoms with E-state index in [2.05, 4.69) is 48.1 Å². The van der Waals surface area contributed by atoms with Gasteiger partial charge in [-0.3, -0.25) is 4.79 Å². The van der Waals surface area contributed by atoms with Gasteiger partial charge in [0.2, 0.25) is 0 Å². The number of rotatable bonds is 1. The summed E-state index contributed by atoms with van der Waals surface area (Å²) >= 11 is 0. The SMILES string of the molecule is Cc1cc(C)c2[nH]c(C(=O)N3C4CCC3CNC4)c(C)c2c1. The summed E-state index contributed by atoms with van der Waals surface area (Å²) in [6, 6.07) is 5.07. The second-order valence-electron chi connectivity index (χ2n) is 6.89. The Kier molecular flexibility index (Phi) is 3.05. The summed E-state index contributed by atoms with van der Waals surface area (Å²) in [6.45, 7) is 8.14. The third kappa shape index (κ3) is 1.90. The molecule has 2 aliphatic heterocycles. The number of hydrogen-bond acceptors (Lipinski definition) is 2. The number of piperazine rings is 1. The van der Waals surface area contributed by atoms with E-state index < -0.39 is 0 Å². The van der Waals surface area contributed by atoms with E-state index in [0.29, 0.717) is 12.1 Å². The summed E-state index contributed by atoms with van der Waals surface area (Å²) in [5, 5.41) is 4.62. The minimum absolute atomic E-state index is 0.180. The van der Waals surface area contributed by atoms with Crippen molar-refractivity contribution < 1.29 is 4.79 Å². The van der Waals surface area contributed by atoms with E-state index in [1.54, 1.807) is 0 Å². The third-order valence-corrected chi connectivity index (χ3v) is 5.34. The van der Waals surface area contributed by atoms with E-state index in [1.165, 1.54) is 16.5 Å². The van der Waals surface area contributed by atoms with Gasteiger partial charge in [-0.15, -0.1) is 0 Å². The van der Waals surface area contributed by atoms with Gasteiger partial charge in [0.05, 0.1) is 0 Å². The molecule has 1 aromatic carbocycles. The third-order valence-electron chi connectivity index (χ3n) is 5.34. The van der Waals surface area contributed by atoms with Crippen molar-refractivity contribution >= 4 is 16.8 Å². The van der Waals surface area contributed by atoms with Gasteiger partial charge in [0.1, 0.15) is 5.69 Å². The second-order valence-corrected chi connectivity index (χ2v) is 6.89. The summed E-state index contributed by atoms with van der Waals surface area (Å²) in [6.07, 6.45) is 2.25. The number of amides is 1. The molecule has 2 unspecified atom stereocenters. The van der Waals surface area contributed by atoms with E-state index >= 15 is 0 Å². The molecule has 0 radical (unpaired) electrons. The summed E-state index contributed by atoms with van der Waals surface area (Å²) in [5.74, 6) is 0.180. The number of carbonyl (C=O) groups excluding carboxylic acids is 1. The molecule has 2 fully saturated rings. The zero-order valence-electron chi connectivity index (χ0n) is 13.5. The predicted octanol–water partition coefficient (Wildman–Crippen LogP) is 2.67. The number of carbonyl (C=O) groups is 1. The Labute approximate surface area is 130 Å². The van der Waals surface area contributed by atoms with Crippen LogP contribution in [0.25, 0.3) is 10.9 Å². The first-order valence-electron chi connectivity index (χ1n) is 8.19. The second kappa shape index (κ2) is 4.85. The molecule has 4 nitrogen and oxygen atoms in total. The quantitative estimate of drug-likeness (QED) is 0.850. The minimum Gasteiger partial charge on any atom is -0.350 e. The van der Waals surface area contributed by atoms with Gasteiger partial charge >= 0.3 is 0 Å². The molecule has 2 aliphatic rings. The molecule has 2 atom stereocenters. The van der Waals surface area contributed by atoms with Crippen LogP contribution < -0.4 is 5.32 Å². The molecule has 22 heavy (non-hydrogen) atoms. The lowest BCUT2D eigenvalue weighted by Crippen LogP contribution is -2.54. The van der Waals surface area contributed by atoms with Crippen LogP contribution in [0, 0.1) is 20.8 Å². The Morgan fingerprint density at radius 3 is 2.50 bits per heavy atom. The molecule has 2 saturated heterocycles. The Morgan fingerprint density at radius 2 is 1.82 bits per heavy atom. The van der Waals surface area contributed by atoms with Crippen LogP contribution >= 0.6 is 0 Å². The summed E-state index contributed by atoms with van der Waals surface area (Å²) in [4.78, 5) is 18.6. The maximum absolute atomic E-state index is 13.1. The molecule has 4 rings (SSSR count). The van der Waals surface area contributed by atoms with E-state index in [-0.39, 0.29) is 5.91 Å². The highest BCUT2D eigenvalue weighted by molar-refractivity contribution is 6.02. The van der Waals surface area contributed by atoms with Crippen LogP contribution in [0.5, 0.6) is 0 Å². The Balaban J connectivity index is 1.79. The molecule has 116 valence electrons. The Bertz CT molecular complexity index is 745. The average Bonchev–Trinajstić information content (AvgIpc) is 2.93. The maximum atomic E-state index is 13.1. The van der Waals surface area contributed by atoms with Crippen LogP contribution in [0.3, 0.4) is 0 Å². The lowest BCUT2D eigenvalue weighted by molar-refractivity contribution is 0.0613. The molecular formula is C18H23N3O. The van der Waals surface area contributed by atoms with Crippen molar-refractivity contribution in [1.29, 1.82) is 0 Å². The van der Waals surface area contributed by atoms with Gasteiger partial charge < -0.3 is 15.2 Å². The van der Waals surface area contributed by atoms with Crippen molar-refractivity contribution in [3.05, 3.63) is 34.5 Å². The van der Waals surface area contributed by atoms with Gasteiger partial charge in [0.25, 0.3) is 5.91 Å². The number of H-pyrrole nitrogens is 1. The van der Waals surface area contributed by atoms with Gasteiger partial charge in [-0.2, -0.15) is 0 Å². The van der Waals surface area contributed by atoms with Crippen LogP contribution in [0.4, 0.5) is 0 Å². The first-order chi connectivity index (χ1) is 10.6. The number of fused-ring (bicyclic) bond motifs is 3. The number of benzene rings is 1. The fraction of sp³-hybridized carbons (Fsp3) is 0.500. The molecule has 4 heteroatoms. The molecule has 0 saturated carbocycles. The largest absolute Gasteiger partial charge is 0.350 e. The van der Waals surface area contributed by atoms with Crippen LogP contribution in [0.1, 0.15) is 40.0 Å². The van der Waals surface area contributed by atoms with Crippen molar-refractivity contribution in [1.82, 2.24) is 15.2 Å². The first-order valence-corrected chi connectivity index (χ1v) is 8.19. The molecule has 2 bridgehead atoms. The van der Waals surface area contributed by atoms with Gasteiger partial charge in [0.15, 0.2) is 0 Å². The molecule has 0 spiro atoms. The Morgan fingerprint density at radius 1 is 1.14 bits per heavy atom. The Hall–Kier alpha value is -1.81. The molecule has 2 N–H and O–H groups in total. The molecular weight excluding hydrogens is 274 g/mol. The van der Waals surface area contributed by atoms with E-state index in [4.69, 9.17) is 0 Å². The van der Waals surface area contributed by atoms with Crippen molar-refractivity contribution in [3.8, 4) is 0 Å². The molecule has 1 amide bonds. The van der Waals surface area contributed by atoms with E-state index in [9.17, 15) is 4.79 Å². The lowest BCUT2D eigenvalue weighted by Gasteiger charge is -2.35. The highest BCUT2D eigenvalue weighted by Crippen LogP contribution is 2.31. The highest BCUT2D eigenvalue weighted by atomic mass is 16.2. The van der Waals surface area contributed by atoms with Gasteiger partial charge in [0, 0.05) is 36.1 Å². The normalized spacial score (nSPS) is 24.2. The molecule has 3 heterocycles. The number of nitrogens with zero attached hydrogens (tertiary/aromatic N) is 1. The summed E-state index contributed by atoms with van der Waals surface area (Å²) in [7, 11) is 0. The highest BCUT2D eigenvalue weighted by Gasteiger charge is 2.40. The average molecular weight is 297 g/mol. The van der Waals surface area contributed by atoms with Gasteiger partial charge in [-0.1, -0.05) is 11.6 Å². The lowest BCUT2D eigenvalue weighted by atomic mass is 10.1. The number of aromatic nitrogens is 1. The van der Waals surface area contributed by atoms with Crippen molar-refractivity contribution in [2.24, 2.45) is 0 Å². The van der Waals surface area contributed by atoms with Gasteiger partial charge in [-0.05, 0) is 50.8 Å². The maximum Gasteiger partial charge on any atom is 0.271 e. The zero-order chi connectivity index (χ0) is 15.4. The van der Waals surface area contributed by atoms with E-state index in [1.807, 2.05) is 0 Å². The zero-order valence-corrected chi connectivity index (χ0v) is 13.5. The van der Waals surface area contributed by atoms with Crippen molar-refractivity contribution in [2.45, 2.75) is 45.7 Å². The standard InChI is InChI=1S/C18H23N3O/c1-10-6-11(2)16-15(7-10)12(3)17(20-16)18(22)21-13-4-5-14(21)9-19-8-13/h6-7,13-14,19-20H,4-5,8-9H2,1-3H3. The van der Waals surface area contributed by atoms with Crippen molar-refractivity contribution in [3.63, 3.8) is 0 Å². The monoisotopic (exact) mass is 297 g/mol. The number of hydrogen-bond donors (Lipinski definition) is 2. The van der Waals surface area contributed by atoms with Crippen LogP contribution in [0.15, 0.2) is 12.1 Å². The van der Waals surface area contributed by atoms with Gasteiger partial charge in [-0.25, -0.2) is 0 Å². The smallest absolute Gasteiger partial charge is 0.271 e. The summed E-state index contributed by atoms with van der Waals surface area (Å²) < 4.78 is 0. The van der Waals surface area contributed by atoms with Crippen LogP contribution in [-0.2, 0) is 0 Å². The fourth-order valence-corrected chi connectivity index (χ4v) is 4.24. The fourth-order valence-electron chi connectivity index (χ4n) is 4.24.